The summed E-state index contributed by atoms with van der Waals surface area (Å²) in [5.74, 6) is 0.343. The molecule has 0 spiro atoms. The van der Waals surface area contributed by atoms with Crippen LogP contribution >= 0.6 is 0 Å². The maximum atomic E-state index is 8.47. The summed E-state index contributed by atoms with van der Waals surface area (Å²) >= 11 is 0. The van der Waals surface area contributed by atoms with Gasteiger partial charge in [-0.05, 0) is 0 Å². The minimum absolute atomic E-state index is 0. The molecular formula is C10H10FeO+4. The molecule has 0 aliphatic rings. The first kappa shape index (κ1) is 11.0. The van der Waals surface area contributed by atoms with Crippen LogP contribution in [0.3, 0.4) is 0 Å². The van der Waals surface area contributed by atoms with Crippen LogP contribution in [-0.2, 0) is 17.1 Å². The summed E-state index contributed by atoms with van der Waals surface area (Å²) in [5.41, 5.74) is 0. The van der Waals surface area contributed by atoms with Gasteiger partial charge in [0.15, 0.2) is 0 Å². The van der Waals surface area contributed by atoms with E-state index in [0.717, 1.165) is 0 Å². The Morgan fingerprint density at radius 2 is 1.42 bits per heavy atom. The summed E-state index contributed by atoms with van der Waals surface area (Å²) in [4.78, 5) is 0. The summed E-state index contributed by atoms with van der Waals surface area (Å²) in [6.07, 6.45) is 0. The fraction of sp³-hybridized carbons (Fsp3) is 0. The Morgan fingerprint density at radius 3 is 1.58 bits per heavy atom. The molecule has 60 valence electrons. The van der Waals surface area contributed by atoms with Crippen LogP contribution in [0.4, 0.5) is 0 Å². The first-order chi connectivity index (χ1) is 5.39. The summed E-state index contributed by atoms with van der Waals surface area (Å²) < 4.78 is 0. The van der Waals surface area contributed by atoms with Gasteiger partial charge in [0.25, 0.3) is 0 Å². The van der Waals surface area contributed by atoms with Gasteiger partial charge in [0.2, 0.25) is 0 Å². The van der Waals surface area contributed by atoms with Gasteiger partial charge in [-0.1, -0.05) is 0 Å². The number of hydrogen-bond acceptors (Lipinski definition) is 1. The van der Waals surface area contributed by atoms with E-state index in [-0.39, 0.29) is 17.1 Å². The maximum absolute atomic E-state index is 8.47. The van der Waals surface area contributed by atoms with E-state index < -0.39 is 0 Å². The van der Waals surface area contributed by atoms with E-state index in [1.54, 1.807) is 24.3 Å². The molecule has 0 aromatic heterocycles. The molecule has 0 heterocycles. The van der Waals surface area contributed by atoms with Crippen molar-refractivity contribution in [3.8, 4) is 5.75 Å². The summed E-state index contributed by atoms with van der Waals surface area (Å²) in [7, 11) is 0. The fourth-order valence-electron chi connectivity index (χ4n) is 0.685. The minimum Gasteiger partial charge on any atom is -0.566 e. The van der Waals surface area contributed by atoms with Crippen LogP contribution in [0.2, 0.25) is 0 Å². The van der Waals surface area contributed by atoms with E-state index in [4.69, 9.17) is 5.11 Å². The van der Waals surface area contributed by atoms with Crippen LogP contribution < -0.4 is 0 Å². The summed E-state index contributed by atoms with van der Waals surface area (Å²) in [6, 6.07) is 16.9. The van der Waals surface area contributed by atoms with Crippen LogP contribution in [0.5, 0.6) is 5.75 Å². The van der Waals surface area contributed by atoms with Crippen molar-refractivity contribution in [3.05, 3.63) is 54.6 Å². The predicted octanol–water partition coefficient (Wildman–Crippen LogP) is 2.51. The van der Waals surface area contributed by atoms with Gasteiger partial charge < -0.3 is 5.11 Å². The maximum Gasteiger partial charge on any atom is 6.00 e. The molecule has 0 unspecified atom stereocenters. The van der Waals surface area contributed by atoms with Gasteiger partial charge in [0.05, 0.1) is 0 Å². The second kappa shape index (κ2) is 6.71. The van der Waals surface area contributed by atoms with Crippen LogP contribution in [0.25, 0.3) is 0 Å². The van der Waals surface area contributed by atoms with Crippen molar-refractivity contribution in [2.45, 2.75) is 0 Å². The van der Waals surface area contributed by atoms with Crippen LogP contribution in [0.1, 0.15) is 0 Å². The third-order valence-electron chi connectivity index (χ3n) is 1.20. The van der Waals surface area contributed by atoms with E-state index in [0.29, 0.717) is 5.75 Å². The monoisotopic (exact) mass is 202 g/mol. The number of hydrogen-bond donors (Lipinski definition) is 1. The van der Waals surface area contributed by atoms with Crippen molar-refractivity contribution in [2.75, 3.05) is 0 Å². The van der Waals surface area contributed by atoms with Gasteiger partial charge in [-0.3, -0.25) is 0 Å². The van der Waals surface area contributed by atoms with Crippen molar-refractivity contribution < 1.29 is 22.2 Å². The first-order valence-corrected chi connectivity index (χ1v) is 3.47. The van der Waals surface area contributed by atoms with Gasteiger partial charge in [-0.15, -0.1) is 12.1 Å². The summed E-state index contributed by atoms with van der Waals surface area (Å²) in [5, 5.41) is 8.47. The number of aromatic hydroxyl groups is 1. The molecule has 2 aromatic carbocycles. The van der Waals surface area contributed by atoms with Crippen molar-refractivity contribution in [1.82, 2.24) is 0 Å². The zero-order chi connectivity index (χ0) is 7.94. The minimum atomic E-state index is 0. The molecule has 2 aromatic rings. The predicted molar refractivity (Wildman–Crippen MR) is 45.7 cm³/mol. The molecular weight excluding hydrogens is 192 g/mol. The molecule has 1 nitrogen and oxygen atoms in total. The van der Waals surface area contributed by atoms with Gasteiger partial charge in [-0.2, -0.15) is 18.2 Å². The Balaban J connectivity index is 0.000000189. The van der Waals surface area contributed by atoms with Gasteiger partial charge in [0, 0.05) is 5.75 Å². The van der Waals surface area contributed by atoms with E-state index in [9.17, 15) is 0 Å². The standard InChI is InChI=1S/C5H5O.C5H5.Fe/c6-5-3-1-2-4-5;1-2-4-5-3-1;/h1-4,6H;1-5H;/q2*-1;+6. The Hall–Kier alpha value is -0.981. The number of rotatable bonds is 0. The molecule has 0 bridgehead atoms. The Labute approximate surface area is 82.9 Å². The quantitative estimate of drug-likeness (QED) is 0.514. The van der Waals surface area contributed by atoms with Crippen molar-refractivity contribution in [3.63, 3.8) is 0 Å². The van der Waals surface area contributed by atoms with Gasteiger partial charge >= 0.3 is 17.1 Å². The molecule has 0 saturated heterocycles. The zero-order valence-electron chi connectivity index (χ0n) is 6.50. The molecule has 0 atom stereocenters. The Morgan fingerprint density at radius 1 is 0.917 bits per heavy atom. The molecule has 0 aliphatic heterocycles. The molecule has 2 rings (SSSR count). The largest absolute Gasteiger partial charge is 6.00 e. The smallest absolute Gasteiger partial charge is 0.566 e. The van der Waals surface area contributed by atoms with Crippen molar-refractivity contribution >= 4 is 0 Å². The normalized spacial score (nSPS) is 7.67. The van der Waals surface area contributed by atoms with E-state index in [1.807, 2.05) is 30.3 Å². The third-order valence-corrected chi connectivity index (χ3v) is 1.20. The second-order valence-corrected chi connectivity index (χ2v) is 2.11. The molecule has 0 aliphatic carbocycles. The molecule has 0 amide bonds. The topological polar surface area (TPSA) is 20.2 Å². The van der Waals surface area contributed by atoms with Crippen LogP contribution in [0, 0.1) is 0 Å². The second-order valence-electron chi connectivity index (χ2n) is 2.11. The Bertz CT molecular complexity index is 228. The van der Waals surface area contributed by atoms with Gasteiger partial charge in [0.1, 0.15) is 0 Å². The van der Waals surface area contributed by atoms with Gasteiger partial charge in [-0.25, -0.2) is 24.3 Å². The Kier molecular flexibility index (Phi) is 6.16. The first-order valence-electron chi connectivity index (χ1n) is 3.47. The molecule has 1 N–H and O–H groups in total. The van der Waals surface area contributed by atoms with Crippen LogP contribution in [-0.4, -0.2) is 5.11 Å². The fourth-order valence-corrected chi connectivity index (χ4v) is 0.685. The van der Waals surface area contributed by atoms with E-state index in [2.05, 4.69) is 0 Å². The SMILES string of the molecule is O[c-]1cccc1.[Fe+6].c1cc[cH-]c1. The molecule has 0 saturated carbocycles. The molecule has 0 radical (unpaired) electrons. The molecule has 2 heteroatoms. The molecule has 12 heavy (non-hydrogen) atoms. The third kappa shape index (κ3) is 4.78. The van der Waals surface area contributed by atoms with Crippen molar-refractivity contribution in [1.29, 1.82) is 0 Å². The molecule has 0 fully saturated rings. The summed E-state index contributed by atoms with van der Waals surface area (Å²) in [6.45, 7) is 0. The van der Waals surface area contributed by atoms with E-state index >= 15 is 0 Å². The van der Waals surface area contributed by atoms with Crippen molar-refractivity contribution in [2.24, 2.45) is 0 Å². The van der Waals surface area contributed by atoms with Crippen LogP contribution in [0.15, 0.2) is 54.6 Å². The average Bonchev–Trinajstić information content (AvgIpc) is 2.57. The zero-order valence-corrected chi connectivity index (χ0v) is 7.60. The van der Waals surface area contributed by atoms with E-state index in [1.165, 1.54) is 0 Å². The average molecular weight is 202 g/mol.